The monoisotopic (exact) mass is 449 g/mol. The number of hydrogen-bond acceptors (Lipinski definition) is 8. The molecule has 0 radical (unpaired) electrons. The summed E-state index contributed by atoms with van der Waals surface area (Å²) in [4.78, 5) is 24.2. The molecule has 1 N–H and O–H groups in total. The molecule has 9 heteroatoms. The van der Waals surface area contributed by atoms with E-state index in [9.17, 15) is 4.79 Å². The summed E-state index contributed by atoms with van der Waals surface area (Å²) in [5.74, 6) is 1.62. The van der Waals surface area contributed by atoms with Gasteiger partial charge >= 0.3 is 0 Å². The number of thiazole rings is 1. The van der Waals surface area contributed by atoms with Gasteiger partial charge in [-0.1, -0.05) is 46.8 Å². The van der Waals surface area contributed by atoms with Crippen molar-refractivity contribution >= 4 is 32.6 Å². The molecule has 0 spiro atoms. The third kappa shape index (κ3) is 4.29. The summed E-state index contributed by atoms with van der Waals surface area (Å²) in [7, 11) is 1.66. The van der Waals surface area contributed by atoms with Crippen LogP contribution in [0, 0.1) is 5.92 Å². The van der Waals surface area contributed by atoms with Gasteiger partial charge in [-0.05, 0) is 31.0 Å². The highest BCUT2D eigenvalue weighted by Gasteiger charge is 2.27. The van der Waals surface area contributed by atoms with E-state index in [1.54, 1.807) is 18.4 Å². The van der Waals surface area contributed by atoms with Crippen LogP contribution in [-0.2, 0) is 11.3 Å². The molecule has 5 rings (SSSR count). The number of benzene rings is 2. The summed E-state index contributed by atoms with van der Waals surface area (Å²) >= 11 is 1.63. The van der Waals surface area contributed by atoms with Gasteiger partial charge in [-0.15, -0.1) is 0 Å². The molecular weight excluding hydrogens is 426 g/mol. The number of nitrogens with one attached hydrogen (secondary N) is 1. The first-order chi connectivity index (χ1) is 15.7. The molecule has 8 nitrogen and oxygen atoms in total. The van der Waals surface area contributed by atoms with Gasteiger partial charge in [0.25, 0.3) is 0 Å². The van der Waals surface area contributed by atoms with Gasteiger partial charge in [0.15, 0.2) is 5.13 Å². The van der Waals surface area contributed by atoms with Gasteiger partial charge < -0.3 is 19.5 Å². The number of ether oxygens (including phenoxy) is 1. The number of hydrogen-bond donors (Lipinski definition) is 1. The molecule has 1 fully saturated rings. The fraction of sp³-hybridized carbons (Fsp3) is 0.304. The molecule has 0 aliphatic carbocycles. The number of carbonyl (C=O) groups is 1. The van der Waals surface area contributed by atoms with E-state index in [-0.39, 0.29) is 18.4 Å². The molecule has 3 heterocycles. The maximum absolute atomic E-state index is 12.8. The van der Waals surface area contributed by atoms with Crippen molar-refractivity contribution in [1.29, 1.82) is 0 Å². The Kier molecular flexibility index (Phi) is 5.72. The Bertz CT molecular complexity index is 1220. The van der Waals surface area contributed by atoms with Crippen LogP contribution >= 0.6 is 11.3 Å². The molecule has 1 unspecified atom stereocenters. The molecule has 1 aliphatic rings. The minimum absolute atomic E-state index is 0.00283. The highest BCUT2D eigenvalue weighted by molar-refractivity contribution is 7.22. The number of carbonyl (C=O) groups excluding carboxylic acids is 1. The molecule has 1 amide bonds. The predicted octanol–water partition coefficient (Wildman–Crippen LogP) is 3.89. The Morgan fingerprint density at radius 3 is 2.97 bits per heavy atom. The zero-order valence-corrected chi connectivity index (χ0v) is 18.5. The summed E-state index contributed by atoms with van der Waals surface area (Å²) in [5, 5.41) is 7.89. The van der Waals surface area contributed by atoms with Crippen molar-refractivity contribution in [3.63, 3.8) is 0 Å². The third-order valence-electron chi connectivity index (χ3n) is 5.56. The number of nitrogens with zero attached hydrogens (tertiary/aromatic N) is 4. The quantitative estimate of drug-likeness (QED) is 0.477. The second-order valence-corrected chi connectivity index (χ2v) is 8.72. The van der Waals surface area contributed by atoms with Crippen molar-refractivity contribution in [2.24, 2.45) is 5.92 Å². The van der Waals surface area contributed by atoms with Gasteiger partial charge in [-0.25, -0.2) is 4.98 Å². The van der Waals surface area contributed by atoms with Crippen LogP contribution in [0.15, 0.2) is 53.1 Å². The van der Waals surface area contributed by atoms with E-state index in [1.807, 2.05) is 48.5 Å². The average Bonchev–Trinajstić information content (AvgIpc) is 3.50. The van der Waals surface area contributed by atoms with Crippen LogP contribution in [0.25, 0.3) is 21.6 Å². The molecule has 1 saturated heterocycles. The zero-order chi connectivity index (χ0) is 21.9. The lowest BCUT2D eigenvalue weighted by atomic mass is 9.97. The van der Waals surface area contributed by atoms with Crippen molar-refractivity contribution in [2.75, 3.05) is 25.1 Å². The van der Waals surface area contributed by atoms with E-state index in [2.05, 4.69) is 20.4 Å². The van der Waals surface area contributed by atoms with Crippen LogP contribution in [-0.4, -0.2) is 41.2 Å². The lowest BCUT2D eigenvalue weighted by molar-refractivity contribution is -0.125. The molecular formula is C23H23N5O3S. The summed E-state index contributed by atoms with van der Waals surface area (Å²) in [6.45, 7) is 1.75. The Morgan fingerprint density at radius 1 is 1.25 bits per heavy atom. The standard InChI is InChI=1S/C23H23N5O3S/c1-30-17-9-10-18-19(12-17)32-23(25-18)28-11-5-8-16(14-28)22(29)24-13-20-26-21(27-31-20)15-6-3-2-4-7-15/h2-4,6-7,9-10,12,16H,5,8,11,13-14H2,1H3,(H,24,29). The van der Waals surface area contributed by atoms with Gasteiger partial charge in [0.1, 0.15) is 5.75 Å². The minimum Gasteiger partial charge on any atom is -0.497 e. The summed E-state index contributed by atoms with van der Waals surface area (Å²) in [5.41, 5.74) is 1.83. The van der Waals surface area contributed by atoms with Crippen molar-refractivity contribution in [1.82, 2.24) is 20.4 Å². The van der Waals surface area contributed by atoms with Crippen molar-refractivity contribution in [2.45, 2.75) is 19.4 Å². The van der Waals surface area contributed by atoms with Crippen molar-refractivity contribution in [3.8, 4) is 17.1 Å². The third-order valence-corrected chi connectivity index (χ3v) is 6.64. The molecule has 164 valence electrons. The number of aromatic nitrogens is 3. The normalized spacial score (nSPS) is 16.3. The Balaban J connectivity index is 1.21. The largest absolute Gasteiger partial charge is 0.497 e. The van der Waals surface area contributed by atoms with Gasteiger partial charge in [-0.2, -0.15) is 4.98 Å². The first-order valence-electron chi connectivity index (χ1n) is 10.5. The highest BCUT2D eigenvalue weighted by atomic mass is 32.1. The summed E-state index contributed by atoms with van der Waals surface area (Å²) in [6, 6.07) is 15.5. The van der Waals surface area contributed by atoms with Crippen LogP contribution < -0.4 is 15.0 Å². The molecule has 4 aromatic rings. The van der Waals surface area contributed by atoms with E-state index < -0.39 is 0 Å². The SMILES string of the molecule is COc1ccc2nc(N3CCCC(C(=O)NCc4nc(-c5ccccc5)no4)C3)sc2c1. The topological polar surface area (TPSA) is 93.4 Å². The van der Waals surface area contributed by atoms with Crippen molar-refractivity contribution in [3.05, 3.63) is 54.4 Å². The lowest BCUT2D eigenvalue weighted by Gasteiger charge is -2.31. The maximum Gasteiger partial charge on any atom is 0.246 e. The zero-order valence-electron chi connectivity index (χ0n) is 17.7. The fourth-order valence-corrected chi connectivity index (χ4v) is 4.89. The fourth-order valence-electron chi connectivity index (χ4n) is 3.86. The Morgan fingerprint density at radius 2 is 2.12 bits per heavy atom. The average molecular weight is 450 g/mol. The second-order valence-electron chi connectivity index (χ2n) is 7.71. The highest BCUT2D eigenvalue weighted by Crippen LogP contribution is 2.33. The Hall–Kier alpha value is -3.46. The van der Waals surface area contributed by atoms with Gasteiger partial charge in [0.05, 0.1) is 29.8 Å². The maximum atomic E-state index is 12.8. The van der Waals surface area contributed by atoms with E-state index >= 15 is 0 Å². The summed E-state index contributed by atoms with van der Waals surface area (Å²) in [6.07, 6.45) is 1.79. The van der Waals surface area contributed by atoms with Crippen LogP contribution in [0.2, 0.25) is 0 Å². The van der Waals surface area contributed by atoms with Crippen LogP contribution in [0.1, 0.15) is 18.7 Å². The number of fused-ring (bicyclic) bond motifs is 1. The molecule has 1 atom stereocenters. The van der Waals surface area contributed by atoms with Crippen LogP contribution in [0.4, 0.5) is 5.13 Å². The first kappa shape index (κ1) is 20.4. The van der Waals surface area contributed by atoms with Gasteiger partial charge in [0, 0.05) is 18.7 Å². The number of amides is 1. The van der Waals surface area contributed by atoms with E-state index in [1.165, 1.54) is 0 Å². The van der Waals surface area contributed by atoms with E-state index in [4.69, 9.17) is 14.2 Å². The minimum atomic E-state index is -0.109. The number of rotatable bonds is 6. The number of anilines is 1. The summed E-state index contributed by atoms with van der Waals surface area (Å²) < 4.78 is 11.7. The Labute approximate surface area is 189 Å². The second kappa shape index (κ2) is 8.96. The predicted molar refractivity (Wildman–Crippen MR) is 123 cm³/mol. The molecule has 0 saturated carbocycles. The smallest absolute Gasteiger partial charge is 0.246 e. The van der Waals surface area contributed by atoms with E-state index in [0.29, 0.717) is 18.3 Å². The van der Waals surface area contributed by atoms with Gasteiger partial charge in [-0.3, -0.25) is 4.79 Å². The molecule has 2 aromatic heterocycles. The first-order valence-corrected chi connectivity index (χ1v) is 11.4. The van der Waals surface area contributed by atoms with Gasteiger partial charge in [0.2, 0.25) is 17.6 Å². The van der Waals surface area contributed by atoms with Crippen LogP contribution in [0.5, 0.6) is 5.75 Å². The lowest BCUT2D eigenvalue weighted by Crippen LogP contribution is -2.43. The molecule has 32 heavy (non-hydrogen) atoms. The molecule has 2 aromatic carbocycles. The molecule has 0 bridgehead atoms. The van der Waals surface area contributed by atoms with Crippen molar-refractivity contribution < 1.29 is 14.1 Å². The molecule has 1 aliphatic heterocycles. The number of piperidine rings is 1. The van der Waals surface area contributed by atoms with E-state index in [0.717, 1.165) is 46.0 Å². The number of methoxy groups -OCH3 is 1. The van der Waals surface area contributed by atoms with Crippen LogP contribution in [0.3, 0.4) is 0 Å².